The number of hydrogen-bond acceptors (Lipinski definition) is 3. The lowest BCUT2D eigenvalue weighted by molar-refractivity contribution is -0.141. The molecule has 0 aromatic rings. The summed E-state index contributed by atoms with van der Waals surface area (Å²) in [7, 11) is 0. The summed E-state index contributed by atoms with van der Waals surface area (Å²) >= 11 is 0. The molecule has 5 heteroatoms. The summed E-state index contributed by atoms with van der Waals surface area (Å²) in [5, 5.41) is 8.51. The van der Waals surface area contributed by atoms with Gasteiger partial charge in [-0.25, -0.2) is 9.59 Å². The van der Waals surface area contributed by atoms with Crippen LogP contribution in [-0.4, -0.2) is 41.3 Å². The van der Waals surface area contributed by atoms with E-state index >= 15 is 0 Å². The Morgan fingerprint density at radius 1 is 1.82 bits per heavy atom. The molecular formula is C6H9NO4. The second-order valence-electron chi connectivity index (χ2n) is 2.32. The van der Waals surface area contributed by atoms with E-state index < -0.39 is 18.1 Å². The SMILES string of the molecule is C[C@@H](C(=O)O)N1CCOC1=O. The number of rotatable bonds is 2. The Morgan fingerprint density at radius 3 is 2.82 bits per heavy atom. The molecule has 1 aliphatic rings. The van der Waals surface area contributed by atoms with Crippen LogP contribution in [-0.2, 0) is 9.53 Å². The molecule has 0 spiro atoms. The van der Waals surface area contributed by atoms with E-state index in [0.29, 0.717) is 6.54 Å². The smallest absolute Gasteiger partial charge is 0.410 e. The van der Waals surface area contributed by atoms with Gasteiger partial charge in [0.05, 0.1) is 6.54 Å². The molecule has 0 unspecified atom stereocenters. The van der Waals surface area contributed by atoms with Crippen LogP contribution in [0.1, 0.15) is 6.92 Å². The highest BCUT2D eigenvalue weighted by molar-refractivity contribution is 5.80. The van der Waals surface area contributed by atoms with Crippen LogP contribution in [0.5, 0.6) is 0 Å². The second kappa shape index (κ2) is 2.77. The number of nitrogens with zero attached hydrogens (tertiary/aromatic N) is 1. The van der Waals surface area contributed by atoms with Crippen LogP contribution in [0.15, 0.2) is 0 Å². The number of carbonyl (C=O) groups excluding carboxylic acids is 1. The van der Waals surface area contributed by atoms with Crippen molar-refractivity contribution in [3.05, 3.63) is 0 Å². The normalized spacial score (nSPS) is 19.7. The Kier molecular flexibility index (Phi) is 1.98. The van der Waals surface area contributed by atoms with Gasteiger partial charge in [-0.2, -0.15) is 0 Å². The lowest BCUT2D eigenvalue weighted by Gasteiger charge is -2.16. The Morgan fingerprint density at radius 2 is 2.45 bits per heavy atom. The van der Waals surface area contributed by atoms with E-state index in [1.807, 2.05) is 0 Å². The van der Waals surface area contributed by atoms with Gasteiger partial charge in [-0.15, -0.1) is 0 Å². The summed E-state index contributed by atoms with van der Waals surface area (Å²) in [5.41, 5.74) is 0. The van der Waals surface area contributed by atoms with Crippen molar-refractivity contribution in [2.45, 2.75) is 13.0 Å². The molecule has 0 aliphatic carbocycles. The van der Waals surface area contributed by atoms with Crippen molar-refractivity contribution >= 4 is 12.1 Å². The van der Waals surface area contributed by atoms with E-state index in [-0.39, 0.29) is 6.61 Å². The predicted octanol–water partition coefficient (Wildman–Crippen LogP) is -0.0883. The quantitative estimate of drug-likeness (QED) is 0.611. The molecule has 62 valence electrons. The lowest BCUT2D eigenvalue weighted by Crippen LogP contribution is -2.39. The second-order valence-corrected chi connectivity index (χ2v) is 2.32. The molecule has 0 radical (unpaired) electrons. The standard InChI is InChI=1S/C6H9NO4/c1-4(5(8)9)7-2-3-11-6(7)10/h4H,2-3H2,1H3,(H,8,9)/t4-/m0/s1. The number of amides is 1. The first kappa shape index (κ1) is 7.84. The first-order valence-electron chi connectivity index (χ1n) is 3.29. The molecule has 1 amide bonds. The lowest BCUT2D eigenvalue weighted by atomic mass is 10.3. The molecule has 1 atom stereocenters. The third-order valence-electron chi connectivity index (χ3n) is 1.62. The summed E-state index contributed by atoms with van der Waals surface area (Å²) in [5.74, 6) is -1.01. The summed E-state index contributed by atoms with van der Waals surface area (Å²) < 4.78 is 4.56. The number of hydrogen-bond donors (Lipinski definition) is 1. The Balaban J connectivity index is 2.59. The molecule has 1 fully saturated rings. The topological polar surface area (TPSA) is 66.8 Å². The van der Waals surface area contributed by atoms with Gasteiger partial charge < -0.3 is 9.84 Å². The van der Waals surface area contributed by atoms with Gasteiger partial charge in [0.15, 0.2) is 0 Å². The van der Waals surface area contributed by atoms with Gasteiger partial charge in [0.1, 0.15) is 12.6 Å². The first-order valence-corrected chi connectivity index (χ1v) is 3.29. The van der Waals surface area contributed by atoms with Crippen molar-refractivity contribution in [2.24, 2.45) is 0 Å². The third-order valence-corrected chi connectivity index (χ3v) is 1.62. The molecule has 1 rings (SSSR count). The number of carboxylic acid groups (broad SMARTS) is 1. The highest BCUT2D eigenvalue weighted by Gasteiger charge is 2.30. The first-order chi connectivity index (χ1) is 5.13. The maximum Gasteiger partial charge on any atom is 0.410 e. The fourth-order valence-corrected chi connectivity index (χ4v) is 0.891. The molecule has 0 bridgehead atoms. The highest BCUT2D eigenvalue weighted by atomic mass is 16.6. The zero-order valence-electron chi connectivity index (χ0n) is 6.11. The van der Waals surface area contributed by atoms with E-state index in [2.05, 4.69) is 4.74 Å². The van der Waals surface area contributed by atoms with Crippen molar-refractivity contribution in [3.63, 3.8) is 0 Å². The van der Waals surface area contributed by atoms with Crippen LogP contribution in [0.2, 0.25) is 0 Å². The average Bonchev–Trinajstić information content (AvgIpc) is 2.33. The third kappa shape index (κ3) is 1.42. The van der Waals surface area contributed by atoms with Crippen LogP contribution in [0, 0.1) is 0 Å². The van der Waals surface area contributed by atoms with Crippen molar-refractivity contribution in [2.75, 3.05) is 13.2 Å². The molecule has 0 aromatic heterocycles. The number of carbonyl (C=O) groups is 2. The number of carboxylic acids is 1. The maximum absolute atomic E-state index is 10.8. The Bertz CT molecular complexity index is 191. The minimum atomic E-state index is -1.01. The van der Waals surface area contributed by atoms with Crippen LogP contribution in [0.3, 0.4) is 0 Å². The minimum Gasteiger partial charge on any atom is -0.480 e. The zero-order valence-corrected chi connectivity index (χ0v) is 6.11. The molecule has 0 aromatic carbocycles. The van der Waals surface area contributed by atoms with Crippen LogP contribution in [0.25, 0.3) is 0 Å². The number of aliphatic carboxylic acids is 1. The fourth-order valence-electron chi connectivity index (χ4n) is 0.891. The van der Waals surface area contributed by atoms with E-state index in [4.69, 9.17) is 5.11 Å². The van der Waals surface area contributed by atoms with Crippen molar-refractivity contribution in [3.8, 4) is 0 Å². The molecule has 0 saturated carbocycles. The molecular weight excluding hydrogens is 150 g/mol. The molecule has 11 heavy (non-hydrogen) atoms. The molecule has 1 N–H and O–H groups in total. The summed E-state index contributed by atoms with van der Waals surface area (Å²) in [6.45, 7) is 2.11. The zero-order chi connectivity index (χ0) is 8.43. The van der Waals surface area contributed by atoms with Crippen molar-refractivity contribution in [1.82, 2.24) is 4.90 Å². The summed E-state index contributed by atoms with van der Waals surface area (Å²) in [4.78, 5) is 22.3. The predicted molar refractivity (Wildman–Crippen MR) is 35.2 cm³/mol. The van der Waals surface area contributed by atoms with Gasteiger partial charge in [0.25, 0.3) is 0 Å². The average molecular weight is 159 g/mol. The van der Waals surface area contributed by atoms with Crippen LogP contribution >= 0.6 is 0 Å². The summed E-state index contributed by atoms with van der Waals surface area (Å²) in [6, 6.07) is -0.787. The van der Waals surface area contributed by atoms with Gasteiger partial charge in [0, 0.05) is 0 Å². The molecule has 1 saturated heterocycles. The van der Waals surface area contributed by atoms with Crippen molar-refractivity contribution < 1.29 is 19.4 Å². The Hall–Kier alpha value is -1.26. The number of cyclic esters (lactones) is 1. The minimum absolute atomic E-state index is 0.288. The molecule has 1 heterocycles. The van der Waals surface area contributed by atoms with Gasteiger partial charge in [-0.1, -0.05) is 0 Å². The van der Waals surface area contributed by atoms with E-state index in [9.17, 15) is 9.59 Å². The van der Waals surface area contributed by atoms with Gasteiger partial charge >= 0.3 is 12.1 Å². The van der Waals surface area contributed by atoms with E-state index in [1.54, 1.807) is 0 Å². The monoisotopic (exact) mass is 159 g/mol. The number of ether oxygens (including phenoxy) is 1. The Labute approximate surface area is 63.5 Å². The summed E-state index contributed by atoms with van der Waals surface area (Å²) in [6.07, 6.45) is -0.542. The highest BCUT2D eigenvalue weighted by Crippen LogP contribution is 2.07. The largest absolute Gasteiger partial charge is 0.480 e. The van der Waals surface area contributed by atoms with E-state index in [1.165, 1.54) is 11.8 Å². The fraction of sp³-hybridized carbons (Fsp3) is 0.667. The van der Waals surface area contributed by atoms with Crippen molar-refractivity contribution in [1.29, 1.82) is 0 Å². The van der Waals surface area contributed by atoms with E-state index in [0.717, 1.165) is 0 Å². The van der Waals surface area contributed by atoms with Crippen LogP contribution < -0.4 is 0 Å². The molecule has 1 aliphatic heterocycles. The van der Waals surface area contributed by atoms with Gasteiger partial charge in [-0.05, 0) is 6.92 Å². The van der Waals surface area contributed by atoms with Gasteiger partial charge in [-0.3, -0.25) is 4.90 Å². The van der Waals surface area contributed by atoms with Gasteiger partial charge in [0.2, 0.25) is 0 Å². The van der Waals surface area contributed by atoms with Crippen LogP contribution in [0.4, 0.5) is 4.79 Å². The molecule has 5 nitrogen and oxygen atoms in total. The maximum atomic E-state index is 10.8.